The normalized spacial score (nSPS) is 16.7. The molecule has 2 aromatic heterocycles. The van der Waals surface area contributed by atoms with E-state index >= 15 is 0 Å². The molecule has 1 saturated heterocycles. The highest BCUT2D eigenvalue weighted by Gasteiger charge is 2.22. The van der Waals surface area contributed by atoms with Crippen LogP contribution in [0.3, 0.4) is 0 Å². The van der Waals surface area contributed by atoms with Gasteiger partial charge in [-0.1, -0.05) is 5.16 Å². The Labute approximate surface area is 136 Å². The Morgan fingerprint density at radius 1 is 1.26 bits per heavy atom. The van der Waals surface area contributed by atoms with E-state index in [2.05, 4.69) is 22.4 Å². The van der Waals surface area contributed by atoms with Crippen LogP contribution >= 0.6 is 0 Å². The molecule has 2 aromatic rings. The molecule has 1 N–H and O–H groups in total. The number of hydrogen-bond acceptors (Lipinski definition) is 4. The summed E-state index contributed by atoms with van der Waals surface area (Å²) in [6.07, 6.45) is 2.01. The Morgan fingerprint density at radius 3 is 2.57 bits per heavy atom. The Balaban J connectivity index is 1.79. The van der Waals surface area contributed by atoms with Gasteiger partial charge in [-0.2, -0.15) is 0 Å². The summed E-state index contributed by atoms with van der Waals surface area (Å²) in [5.41, 5.74) is 2.58. The SMILES string of the molecule is Cc1cc(-n2c(C)cc(C(=O)NC3CCN(C)CC3)c2C)no1. The minimum atomic E-state index is -0.000815. The molecule has 1 fully saturated rings. The molecule has 0 radical (unpaired) electrons. The number of carbonyl (C=O) groups excluding carboxylic acids is 1. The molecular weight excluding hydrogens is 292 g/mol. The monoisotopic (exact) mass is 316 g/mol. The van der Waals surface area contributed by atoms with Gasteiger partial charge in [-0.3, -0.25) is 9.36 Å². The number of nitrogens with one attached hydrogen (secondary N) is 1. The van der Waals surface area contributed by atoms with Gasteiger partial charge in [0.05, 0.1) is 5.56 Å². The van der Waals surface area contributed by atoms with Crippen molar-refractivity contribution in [1.82, 2.24) is 19.9 Å². The zero-order chi connectivity index (χ0) is 16.6. The highest BCUT2D eigenvalue weighted by Crippen LogP contribution is 2.21. The molecule has 0 saturated carbocycles. The standard InChI is InChI=1S/C17H24N4O2/c1-11-9-15(13(3)21(11)16-10-12(2)23-19-16)17(22)18-14-5-7-20(4)8-6-14/h9-10,14H,5-8H2,1-4H3,(H,18,22). The predicted octanol–water partition coefficient (Wildman–Crippen LogP) is 2.21. The number of nitrogens with zero attached hydrogens (tertiary/aromatic N) is 3. The van der Waals surface area contributed by atoms with Crippen LogP contribution in [0.5, 0.6) is 0 Å². The lowest BCUT2D eigenvalue weighted by atomic mass is 10.0. The van der Waals surface area contributed by atoms with Crippen molar-refractivity contribution in [2.75, 3.05) is 20.1 Å². The van der Waals surface area contributed by atoms with Crippen molar-refractivity contribution in [3.05, 3.63) is 34.8 Å². The first-order chi connectivity index (χ1) is 11.0. The minimum Gasteiger partial charge on any atom is -0.360 e. The first-order valence-electron chi connectivity index (χ1n) is 8.07. The van der Waals surface area contributed by atoms with Gasteiger partial charge >= 0.3 is 0 Å². The molecule has 0 aliphatic carbocycles. The molecule has 1 aliphatic heterocycles. The van der Waals surface area contributed by atoms with Crippen molar-refractivity contribution in [1.29, 1.82) is 0 Å². The van der Waals surface area contributed by atoms with E-state index in [4.69, 9.17) is 4.52 Å². The average Bonchev–Trinajstić information content (AvgIpc) is 3.05. The van der Waals surface area contributed by atoms with E-state index in [0.717, 1.165) is 48.9 Å². The fraction of sp³-hybridized carbons (Fsp3) is 0.529. The zero-order valence-corrected chi connectivity index (χ0v) is 14.2. The van der Waals surface area contributed by atoms with Crippen molar-refractivity contribution >= 4 is 5.91 Å². The summed E-state index contributed by atoms with van der Waals surface area (Å²) in [4.78, 5) is 14.9. The van der Waals surface area contributed by atoms with Crippen LogP contribution in [-0.2, 0) is 0 Å². The van der Waals surface area contributed by atoms with Crippen LogP contribution in [0.2, 0.25) is 0 Å². The molecule has 0 atom stereocenters. The number of rotatable bonds is 3. The largest absolute Gasteiger partial charge is 0.360 e. The predicted molar refractivity (Wildman–Crippen MR) is 88.0 cm³/mol. The Hall–Kier alpha value is -2.08. The number of amides is 1. The number of hydrogen-bond donors (Lipinski definition) is 1. The van der Waals surface area contributed by atoms with Gasteiger partial charge in [0.1, 0.15) is 5.76 Å². The number of aryl methyl sites for hydroxylation is 2. The van der Waals surface area contributed by atoms with Gasteiger partial charge in [0.25, 0.3) is 5.91 Å². The van der Waals surface area contributed by atoms with Crippen LogP contribution in [-0.4, -0.2) is 46.7 Å². The molecule has 3 heterocycles. The lowest BCUT2D eigenvalue weighted by Crippen LogP contribution is -2.43. The summed E-state index contributed by atoms with van der Waals surface area (Å²) in [6, 6.07) is 4.05. The van der Waals surface area contributed by atoms with Crippen LogP contribution in [0.1, 0.15) is 40.3 Å². The summed E-state index contributed by atoms with van der Waals surface area (Å²) >= 11 is 0. The molecule has 124 valence electrons. The summed E-state index contributed by atoms with van der Waals surface area (Å²) < 4.78 is 7.11. The fourth-order valence-corrected chi connectivity index (χ4v) is 3.22. The maximum atomic E-state index is 12.6. The van der Waals surface area contributed by atoms with Crippen molar-refractivity contribution in [2.45, 2.75) is 39.7 Å². The third kappa shape index (κ3) is 3.17. The van der Waals surface area contributed by atoms with Gasteiger partial charge < -0.3 is 14.7 Å². The number of aromatic nitrogens is 2. The first-order valence-corrected chi connectivity index (χ1v) is 8.07. The molecule has 6 nitrogen and oxygen atoms in total. The van der Waals surface area contributed by atoms with Crippen molar-refractivity contribution < 1.29 is 9.32 Å². The second kappa shape index (κ2) is 6.20. The van der Waals surface area contributed by atoms with Crippen LogP contribution in [0.25, 0.3) is 5.82 Å². The van der Waals surface area contributed by atoms with E-state index in [1.54, 1.807) is 0 Å². The molecule has 23 heavy (non-hydrogen) atoms. The molecular formula is C17H24N4O2. The summed E-state index contributed by atoms with van der Waals surface area (Å²) in [5.74, 6) is 1.47. The van der Waals surface area contributed by atoms with E-state index in [0.29, 0.717) is 5.56 Å². The van der Waals surface area contributed by atoms with E-state index in [9.17, 15) is 4.79 Å². The molecule has 0 unspecified atom stereocenters. The number of likely N-dealkylation sites (tertiary alicyclic amines) is 1. The van der Waals surface area contributed by atoms with Gasteiger partial charge in [-0.05, 0) is 59.8 Å². The molecule has 3 rings (SSSR count). The van der Waals surface area contributed by atoms with Gasteiger partial charge in [0, 0.05) is 23.5 Å². The number of carbonyl (C=O) groups is 1. The highest BCUT2D eigenvalue weighted by molar-refractivity contribution is 5.96. The Bertz CT molecular complexity index is 708. The topological polar surface area (TPSA) is 63.3 Å². The molecule has 1 aliphatic rings. The van der Waals surface area contributed by atoms with Gasteiger partial charge in [0.15, 0.2) is 5.82 Å². The number of piperidine rings is 1. The third-order valence-corrected chi connectivity index (χ3v) is 4.57. The molecule has 1 amide bonds. The summed E-state index contributed by atoms with van der Waals surface area (Å²) in [6.45, 7) is 7.84. The minimum absolute atomic E-state index is 0.000815. The van der Waals surface area contributed by atoms with Gasteiger partial charge in [-0.25, -0.2) is 0 Å². The maximum Gasteiger partial charge on any atom is 0.253 e. The maximum absolute atomic E-state index is 12.6. The summed E-state index contributed by atoms with van der Waals surface area (Å²) in [7, 11) is 2.12. The van der Waals surface area contributed by atoms with Crippen molar-refractivity contribution in [2.24, 2.45) is 0 Å². The van der Waals surface area contributed by atoms with Crippen LogP contribution in [0.15, 0.2) is 16.7 Å². The fourth-order valence-electron chi connectivity index (χ4n) is 3.22. The van der Waals surface area contributed by atoms with E-state index in [-0.39, 0.29) is 11.9 Å². The third-order valence-electron chi connectivity index (χ3n) is 4.57. The molecule has 6 heteroatoms. The molecule has 0 spiro atoms. The molecule has 0 bridgehead atoms. The van der Waals surface area contributed by atoms with Gasteiger partial charge in [-0.15, -0.1) is 0 Å². The lowest BCUT2D eigenvalue weighted by molar-refractivity contribution is 0.0916. The van der Waals surface area contributed by atoms with E-state index in [1.807, 2.05) is 37.5 Å². The lowest BCUT2D eigenvalue weighted by Gasteiger charge is -2.29. The Morgan fingerprint density at radius 2 is 1.96 bits per heavy atom. The van der Waals surface area contributed by atoms with Crippen LogP contribution in [0.4, 0.5) is 0 Å². The first kappa shape index (κ1) is 15.8. The quantitative estimate of drug-likeness (QED) is 0.943. The zero-order valence-electron chi connectivity index (χ0n) is 14.2. The highest BCUT2D eigenvalue weighted by atomic mass is 16.5. The van der Waals surface area contributed by atoms with Crippen LogP contribution in [0, 0.1) is 20.8 Å². The summed E-state index contributed by atoms with van der Waals surface area (Å²) in [5, 5.41) is 7.23. The van der Waals surface area contributed by atoms with Crippen molar-refractivity contribution in [3.8, 4) is 5.82 Å². The Kier molecular flexibility index (Phi) is 4.26. The van der Waals surface area contributed by atoms with E-state index in [1.165, 1.54) is 0 Å². The molecule has 0 aromatic carbocycles. The van der Waals surface area contributed by atoms with Gasteiger partial charge in [0.2, 0.25) is 0 Å². The average molecular weight is 316 g/mol. The second-order valence-electron chi connectivity index (χ2n) is 6.47. The van der Waals surface area contributed by atoms with Crippen LogP contribution < -0.4 is 5.32 Å². The van der Waals surface area contributed by atoms with E-state index < -0.39 is 0 Å². The van der Waals surface area contributed by atoms with Crippen molar-refractivity contribution in [3.63, 3.8) is 0 Å². The second-order valence-corrected chi connectivity index (χ2v) is 6.47. The smallest absolute Gasteiger partial charge is 0.253 e.